The summed E-state index contributed by atoms with van der Waals surface area (Å²) in [6.07, 6.45) is 0. The summed E-state index contributed by atoms with van der Waals surface area (Å²) in [7, 11) is 0. The number of carbonyl (C=O) groups is 4. The Morgan fingerprint density at radius 2 is 1.64 bits per heavy atom. The average molecular weight is 522 g/mol. The molecule has 1 heterocycles. The number of thiazole rings is 1. The van der Waals surface area contributed by atoms with E-state index in [2.05, 4.69) is 15.6 Å². The highest BCUT2D eigenvalue weighted by Gasteiger charge is 2.19. The minimum atomic E-state index is -1.41. The van der Waals surface area contributed by atoms with E-state index in [1.165, 1.54) is 29.2 Å². The molecule has 0 fully saturated rings. The minimum Gasteiger partial charge on any atom is -0.478 e. The normalized spacial score (nSPS) is 10.7. The lowest BCUT2D eigenvalue weighted by Crippen LogP contribution is -2.17. The Morgan fingerprint density at radius 3 is 2.33 bits per heavy atom. The van der Waals surface area contributed by atoms with Crippen molar-refractivity contribution in [3.05, 3.63) is 82.9 Å². The molecule has 4 rings (SSSR count). The first-order valence-corrected chi connectivity index (χ1v) is 12.3. The molecule has 0 aliphatic rings. The average Bonchev–Trinajstić information content (AvgIpc) is 3.24. The third kappa shape index (κ3) is 5.88. The molecule has 2 amide bonds. The van der Waals surface area contributed by atoms with Gasteiger partial charge in [0.05, 0.1) is 32.7 Å². The highest BCUT2D eigenvalue weighted by Crippen LogP contribution is 2.27. The summed E-state index contributed by atoms with van der Waals surface area (Å²) in [5.41, 5.74) is 1.57. The Balaban J connectivity index is 1.34. The van der Waals surface area contributed by atoms with E-state index in [-0.39, 0.29) is 22.8 Å². The second-order valence-corrected chi connectivity index (χ2v) is 9.76. The topological polar surface area (TPSA) is 146 Å². The molecule has 11 heteroatoms. The van der Waals surface area contributed by atoms with E-state index in [4.69, 9.17) is 5.11 Å². The monoisotopic (exact) mass is 521 g/mol. The lowest BCUT2D eigenvalue weighted by molar-refractivity contribution is -0.113. The number of hydrogen-bond acceptors (Lipinski definition) is 7. The molecule has 9 nitrogen and oxygen atoms in total. The number of hydrogen-bond donors (Lipinski definition) is 4. The fourth-order valence-electron chi connectivity index (χ4n) is 3.27. The number of nitrogens with one attached hydrogen (secondary N) is 2. The molecule has 0 aliphatic heterocycles. The predicted molar refractivity (Wildman–Crippen MR) is 138 cm³/mol. The second-order valence-electron chi connectivity index (χ2n) is 7.68. The number of carboxylic acid groups (broad SMARTS) is 2. The lowest BCUT2D eigenvalue weighted by atomic mass is 10.0. The molecule has 0 bridgehead atoms. The molecule has 1 aromatic heterocycles. The molecule has 0 unspecified atom stereocenters. The largest absolute Gasteiger partial charge is 0.478 e. The highest BCUT2D eigenvalue weighted by molar-refractivity contribution is 8.00. The Kier molecular flexibility index (Phi) is 7.32. The van der Waals surface area contributed by atoms with Gasteiger partial charge in [-0.15, -0.1) is 11.8 Å². The van der Waals surface area contributed by atoms with Crippen LogP contribution in [0.3, 0.4) is 0 Å². The van der Waals surface area contributed by atoms with Gasteiger partial charge in [-0.25, -0.2) is 14.6 Å². The molecule has 0 atom stereocenters. The molecule has 36 heavy (non-hydrogen) atoms. The van der Waals surface area contributed by atoms with E-state index >= 15 is 0 Å². The predicted octanol–water partition coefficient (Wildman–Crippen LogP) is 4.98. The fourth-order valence-corrected chi connectivity index (χ4v) is 4.95. The van der Waals surface area contributed by atoms with E-state index in [1.807, 2.05) is 25.1 Å². The van der Waals surface area contributed by atoms with Crippen LogP contribution in [-0.4, -0.2) is 44.7 Å². The van der Waals surface area contributed by atoms with Gasteiger partial charge in [-0.05, 0) is 67.1 Å². The lowest BCUT2D eigenvalue weighted by Gasteiger charge is -2.09. The number of thioether (sulfide) groups is 1. The number of carbonyl (C=O) groups excluding carboxylic acids is 2. The smallest absolute Gasteiger partial charge is 0.336 e. The number of benzene rings is 3. The summed E-state index contributed by atoms with van der Waals surface area (Å²) in [6.45, 7) is 2.00. The molecule has 0 saturated carbocycles. The molecule has 4 aromatic rings. The van der Waals surface area contributed by atoms with Crippen LogP contribution in [0, 0.1) is 6.92 Å². The number of rotatable bonds is 8. The molecule has 0 spiro atoms. The minimum absolute atomic E-state index is 0.160. The molecular formula is C25H19N3O6S2. The van der Waals surface area contributed by atoms with Crippen LogP contribution in [-0.2, 0) is 4.79 Å². The SMILES string of the molecule is Cc1ccc2nc(NC(=O)CSc3ccc(NC(=O)c4ccc(C(=O)O)cc4C(=O)O)cc3)sc2c1. The molecule has 0 radical (unpaired) electrons. The van der Waals surface area contributed by atoms with Crippen LogP contribution in [0.25, 0.3) is 10.2 Å². The van der Waals surface area contributed by atoms with Crippen molar-refractivity contribution in [2.24, 2.45) is 0 Å². The molecular weight excluding hydrogens is 502 g/mol. The van der Waals surface area contributed by atoms with E-state index in [0.717, 1.165) is 32.8 Å². The van der Waals surface area contributed by atoms with E-state index in [0.29, 0.717) is 10.8 Å². The van der Waals surface area contributed by atoms with Crippen LogP contribution < -0.4 is 10.6 Å². The number of aromatic nitrogens is 1. The van der Waals surface area contributed by atoms with Gasteiger partial charge >= 0.3 is 11.9 Å². The van der Waals surface area contributed by atoms with Crippen LogP contribution in [0.15, 0.2) is 65.6 Å². The van der Waals surface area contributed by atoms with Crippen molar-refractivity contribution in [1.29, 1.82) is 0 Å². The first-order chi connectivity index (χ1) is 17.2. The van der Waals surface area contributed by atoms with E-state index in [9.17, 15) is 24.3 Å². The summed E-state index contributed by atoms with van der Waals surface area (Å²) in [5.74, 6) is -3.41. The third-order valence-corrected chi connectivity index (χ3v) is 6.96. The van der Waals surface area contributed by atoms with Gasteiger partial charge in [-0.3, -0.25) is 9.59 Å². The number of fused-ring (bicyclic) bond motifs is 1. The van der Waals surface area contributed by atoms with Crippen LogP contribution in [0.1, 0.15) is 36.6 Å². The van der Waals surface area contributed by atoms with Crippen molar-refractivity contribution in [3.63, 3.8) is 0 Å². The van der Waals surface area contributed by atoms with Crippen molar-refractivity contribution in [2.75, 3.05) is 16.4 Å². The molecule has 0 aliphatic carbocycles. The Morgan fingerprint density at radius 1 is 0.889 bits per heavy atom. The van der Waals surface area contributed by atoms with Crippen LogP contribution in [0.2, 0.25) is 0 Å². The second kappa shape index (κ2) is 10.6. The van der Waals surface area contributed by atoms with Gasteiger partial charge in [0.2, 0.25) is 5.91 Å². The van der Waals surface area contributed by atoms with Gasteiger partial charge in [-0.2, -0.15) is 0 Å². The summed E-state index contributed by atoms with van der Waals surface area (Å²) >= 11 is 2.72. The Hall–Kier alpha value is -4.22. The molecule has 182 valence electrons. The van der Waals surface area contributed by atoms with E-state index < -0.39 is 23.4 Å². The van der Waals surface area contributed by atoms with Gasteiger partial charge in [0.1, 0.15) is 0 Å². The van der Waals surface area contributed by atoms with Gasteiger partial charge < -0.3 is 20.8 Å². The van der Waals surface area contributed by atoms with Crippen LogP contribution in [0.4, 0.5) is 10.8 Å². The van der Waals surface area contributed by atoms with Gasteiger partial charge in [0, 0.05) is 10.6 Å². The van der Waals surface area contributed by atoms with Gasteiger partial charge in [0.15, 0.2) is 5.13 Å². The third-order valence-electron chi connectivity index (χ3n) is 5.01. The fraction of sp³-hybridized carbons (Fsp3) is 0.0800. The van der Waals surface area contributed by atoms with Crippen molar-refractivity contribution in [2.45, 2.75) is 11.8 Å². The van der Waals surface area contributed by atoms with Gasteiger partial charge in [0.25, 0.3) is 5.91 Å². The summed E-state index contributed by atoms with van der Waals surface area (Å²) in [5, 5.41) is 24.4. The van der Waals surface area contributed by atoms with E-state index in [1.54, 1.807) is 24.3 Å². The van der Waals surface area contributed by atoms with Gasteiger partial charge in [-0.1, -0.05) is 17.4 Å². The maximum atomic E-state index is 12.6. The highest BCUT2D eigenvalue weighted by atomic mass is 32.2. The van der Waals surface area contributed by atoms with Crippen LogP contribution in [0.5, 0.6) is 0 Å². The Labute approximate surface area is 213 Å². The van der Waals surface area contributed by atoms with Crippen molar-refractivity contribution in [1.82, 2.24) is 4.98 Å². The maximum absolute atomic E-state index is 12.6. The van der Waals surface area contributed by atoms with Crippen LogP contribution >= 0.6 is 23.1 Å². The standard InChI is InChI=1S/C25H19N3O6S2/c1-13-2-9-19-20(10-13)36-25(27-19)28-21(29)12-35-16-6-4-15(5-7-16)26-22(30)17-8-3-14(23(31)32)11-18(17)24(33)34/h2-11H,12H2,1H3,(H,26,30)(H,31,32)(H,33,34)(H,27,28,29). The zero-order valence-corrected chi connectivity index (χ0v) is 20.4. The maximum Gasteiger partial charge on any atom is 0.336 e. The zero-order chi connectivity index (χ0) is 25.8. The quantitative estimate of drug-likeness (QED) is 0.237. The molecule has 3 aromatic carbocycles. The number of amides is 2. The summed E-state index contributed by atoms with van der Waals surface area (Å²) in [6, 6.07) is 15.9. The van der Waals surface area contributed by atoms with Crippen molar-refractivity contribution < 1.29 is 29.4 Å². The number of aromatic carboxylic acids is 2. The molecule has 4 N–H and O–H groups in total. The first kappa shape index (κ1) is 24.9. The number of nitrogens with zero attached hydrogens (tertiary/aromatic N) is 1. The van der Waals surface area contributed by atoms with Crippen molar-refractivity contribution >= 4 is 67.9 Å². The number of aryl methyl sites for hydroxylation is 1. The summed E-state index contributed by atoms with van der Waals surface area (Å²) < 4.78 is 1.00. The van der Waals surface area contributed by atoms with Crippen molar-refractivity contribution in [3.8, 4) is 0 Å². The Bertz CT molecular complexity index is 1500. The molecule has 0 saturated heterocycles. The number of anilines is 2. The zero-order valence-electron chi connectivity index (χ0n) is 18.8. The number of carboxylic acids is 2. The summed E-state index contributed by atoms with van der Waals surface area (Å²) in [4.78, 5) is 52.7. The first-order valence-electron chi connectivity index (χ1n) is 10.5.